The van der Waals surface area contributed by atoms with Crippen LogP contribution in [0.25, 0.3) is 0 Å². The van der Waals surface area contributed by atoms with E-state index in [0.29, 0.717) is 0 Å². The Morgan fingerprint density at radius 1 is 1.69 bits per heavy atom. The van der Waals surface area contributed by atoms with E-state index in [4.69, 9.17) is 5.26 Å². The number of carbonyl (C=O) groups is 1. The molecule has 0 aromatic heterocycles. The van der Waals surface area contributed by atoms with Crippen LogP contribution in [-0.4, -0.2) is 5.78 Å². The lowest BCUT2D eigenvalue weighted by Gasteiger charge is -2.26. The summed E-state index contributed by atoms with van der Waals surface area (Å²) in [5.74, 6) is 0.373. The van der Waals surface area contributed by atoms with Crippen LogP contribution in [0.2, 0.25) is 0 Å². The van der Waals surface area contributed by atoms with Crippen LogP contribution in [0.4, 0.5) is 0 Å². The molecule has 1 aliphatic carbocycles. The molecule has 0 aliphatic heterocycles. The van der Waals surface area contributed by atoms with Crippen LogP contribution in [0.5, 0.6) is 0 Å². The van der Waals surface area contributed by atoms with Crippen LogP contribution >= 0.6 is 0 Å². The average molecular weight is 177 g/mol. The molecule has 0 aromatic rings. The first-order valence-corrected chi connectivity index (χ1v) is 4.73. The third kappa shape index (κ3) is 2.18. The van der Waals surface area contributed by atoms with E-state index in [9.17, 15) is 4.79 Å². The zero-order chi connectivity index (χ0) is 9.84. The molecule has 0 N–H and O–H groups in total. The van der Waals surface area contributed by atoms with E-state index in [1.54, 1.807) is 6.92 Å². The molecule has 0 saturated carbocycles. The quantitative estimate of drug-likeness (QED) is 0.607. The van der Waals surface area contributed by atoms with Gasteiger partial charge in [-0.3, -0.25) is 4.79 Å². The number of Topliss-reactive ketones (excluding diaryl/α,β-unsaturated/α-hetero) is 1. The third-order valence-electron chi connectivity index (χ3n) is 2.77. The monoisotopic (exact) mass is 177 g/mol. The molecular formula is C11H15NO. The SMILES string of the molecule is CC(=O)[C@H]1CCC=C[C@@H]1C(C)C#N. The summed E-state index contributed by atoms with van der Waals surface area (Å²) in [6.07, 6.45) is 5.99. The maximum Gasteiger partial charge on any atom is 0.133 e. The van der Waals surface area contributed by atoms with Gasteiger partial charge in [0.05, 0.1) is 12.0 Å². The Balaban J connectivity index is 2.79. The van der Waals surface area contributed by atoms with E-state index in [1.807, 2.05) is 13.0 Å². The second kappa shape index (κ2) is 4.23. The van der Waals surface area contributed by atoms with Crippen molar-refractivity contribution >= 4 is 5.78 Å². The molecule has 0 spiro atoms. The summed E-state index contributed by atoms with van der Waals surface area (Å²) in [5, 5.41) is 8.79. The molecule has 13 heavy (non-hydrogen) atoms. The molecule has 0 radical (unpaired) electrons. The number of nitrogens with zero attached hydrogens (tertiary/aromatic N) is 1. The van der Waals surface area contributed by atoms with Gasteiger partial charge in [-0.2, -0.15) is 5.26 Å². The Morgan fingerprint density at radius 3 is 2.92 bits per heavy atom. The Bertz CT molecular complexity index is 262. The lowest BCUT2D eigenvalue weighted by Crippen LogP contribution is -2.27. The van der Waals surface area contributed by atoms with E-state index in [-0.39, 0.29) is 23.5 Å². The van der Waals surface area contributed by atoms with Gasteiger partial charge in [0.25, 0.3) is 0 Å². The van der Waals surface area contributed by atoms with E-state index < -0.39 is 0 Å². The maximum absolute atomic E-state index is 11.3. The largest absolute Gasteiger partial charge is 0.300 e. The zero-order valence-corrected chi connectivity index (χ0v) is 8.16. The van der Waals surface area contributed by atoms with Gasteiger partial charge in [-0.25, -0.2) is 0 Å². The summed E-state index contributed by atoms with van der Waals surface area (Å²) in [5.41, 5.74) is 0. The lowest BCUT2D eigenvalue weighted by molar-refractivity contribution is -0.122. The highest BCUT2D eigenvalue weighted by Crippen LogP contribution is 2.30. The van der Waals surface area contributed by atoms with Gasteiger partial charge in [0.2, 0.25) is 0 Å². The smallest absolute Gasteiger partial charge is 0.133 e. The minimum absolute atomic E-state index is 0.0505. The van der Waals surface area contributed by atoms with E-state index in [2.05, 4.69) is 12.1 Å². The average Bonchev–Trinajstić information content (AvgIpc) is 2.16. The first-order valence-electron chi connectivity index (χ1n) is 4.73. The fraction of sp³-hybridized carbons (Fsp3) is 0.636. The standard InChI is InChI=1S/C11H15NO/c1-8(7-12)10-5-3-4-6-11(10)9(2)13/h3,5,8,10-11H,4,6H2,1-2H3/t8?,10-,11-/m1/s1. The van der Waals surface area contributed by atoms with Gasteiger partial charge in [0.1, 0.15) is 5.78 Å². The molecule has 2 nitrogen and oxygen atoms in total. The lowest BCUT2D eigenvalue weighted by atomic mass is 9.75. The Labute approximate surface area is 79.2 Å². The normalized spacial score (nSPS) is 29.3. The van der Waals surface area contributed by atoms with E-state index in [0.717, 1.165) is 12.8 Å². The molecule has 0 heterocycles. The number of allylic oxidation sites excluding steroid dienone is 2. The molecule has 1 rings (SSSR count). The fourth-order valence-corrected chi connectivity index (χ4v) is 1.93. The Hall–Kier alpha value is -1.10. The van der Waals surface area contributed by atoms with Crippen molar-refractivity contribution in [3.63, 3.8) is 0 Å². The second-order valence-electron chi connectivity index (χ2n) is 3.72. The summed E-state index contributed by atoms with van der Waals surface area (Å²) < 4.78 is 0. The predicted octanol–water partition coefficient (Wildman–Crippen LogP) is 2.32. The van der Waals surface area contributed by atoms with Crippen LogP contribution in [0.15, 0.2) is 12.2 Å². The van der Waals surface area contributed by atoms with Crippen LogP contribution in [0, 0.1) is 29.1 Å². The molecule has 1 aliphatic rings. The molecule has 0 amide bonds. The summed E-state index contributed by atoms with van der Waals surface area (Å²) in [4.78, 5) is 11.3. The van der Waals surface area contributed by atoms with Crippen molar-refractivity contribution in [2.24, 2.45) is 17.8 Å². The number of hydrogen-bond acceptors (Lipinski definition) is 2. The summed E-state index contributed by atoms with van der Waals surface area (Å²) in [7, 11) is 0. The number of nitriles is 1. The highest BCUT2D eigenvalue weighted by atomic mass is 16.1. The van der Waals surface area contributed by atoms with Gasteiger partial charge in [0.15, 0.2) is 0 Å². The summed E-state index contributed by atoms with van der Waals surface area (Å²) >= 11 is 0. The van der Waals surface area contributed by atoms with Gasteiger partial charge in [-0.05, 0) is 26.7 Å². The van der Waals surface area contributed by atoms with Crippen molar-refractivity contribution in [1.82, 2.24) is 0 Å². The number of carbonyl (C=O) groups excluding carboxylic acids is 1. The number of hydrogen-bond donors (Lipinski definition) is 0. The second-order valence-corrected chi connectivity index (χ2v) is 3.72. The van der Waals surface area contributed by atoms with Crippen LogP contribution in [0.1, 0.15) is 26.7 Å². The zero-order valence-electron chi connectivity index (χ0n) is 8.16. The van der Waals surface area contributed by atoms with Gasteiger partial charge >= 0.3 is 0 Å². The maximum atomic E-state index is 11.3. The van der Waals surface area contributed by atoms with Crippen LogP contribution < -0.4 is 0 Å². The molecule has 1 unspecified atom stereocenters. The van der Waals surface area contributed by atoms with Gasteiger partial charge in [-0.1, -0.05) is 12.2 Å². The minimum Gasteiger partial charge on any atom is -0.300 e. The van der Waals surface area contributed by atoms with Gasteiger partial charge < -0.3 is 0 Å². The molecule has 0 fully saturated rings. The Kier molecular flexibility index (Phi) is 3.25. The third-order valence-corrected chi connectivity index (χ3v) is 2.77. The first kappa shape index (κ1) is 9.98. The summed E-state index contributed by atoms with van der Waals surface area (Å²) in [6.45, 7) is 3.51. The van der Waals surface area contributed by atoms with Crippen molar-refractivity contribution in [2.75, 3.05) is 0 Å². The minimum atomic E-state index is -0.0505. The number of ketones is 1. The van der Waals surface area contributed by atoms with Crippen molar-refractivity contribution in [2.45, 2.75) is 26.7 Å². The van der Waals surface area contributed by atoms with Crippen LogP contribution in [-0.2, 0) is 4.79 Å². The molecule has 3 atom stereocenters. The van der Waals surface area contributed by atoms with Crippen molar-refractivity contribution in [3.8, 4) is 6.07 Å². The topological polar surface area (TPSA) is 40.9 Å². The predicted molar refractivity (Wildman–Crippen MR) is 50.8 cm³/mol. The Morgan fingerprint density at radius 2 is 2.38 bits per heavy atom. The van der Waals surface area contributed by atoms with Gasteiger partial charge in [-0.15, -0.1) is 0 Å². The number of rotatable bonds is 2. The first-order chi connectivity index (χ1) is 6.16. The molecule has 0 bridgehead atoms. The fourth-order valence-electron chi connectivity index (χ4n) is 1.93. The molecule has 70 valence electrons. The molecule has 2 heteroatoms. The van der Waals surface area contributed by atoms with Crippen LogP contribution in [0.3, 0.4) is 0 Å². The highest BCUT2D eigenvalue weighted by Gasteiger charge is 2.29. The van der Waals surface area contributed by atoms with E-state index in [1.165, 1.54) is 0 Å². The van der Waals surface area contributed by atoms with Crippen molar-refractivity contribution in [3.05, 3.63) is 12.2 Å². The summed E-state index contributed by atoms with van der Waals surface area (Å²) in [6, 6.07) is 2.22. The van der Waals surface area contributed by atoms with E-state index >= 15 is 0 Å². The van der Waals surface area contributed by atoms with Gasteiger partial charge in [0, 0.05) is 11.8 Å². The van der Waals surface area contributed by atoms with Crippen molar-refractivity contribution < 1.29 is 4.79 Å². The molecular weight excluding hydrogens is 162 g/mol. The highest BCUT2D eigenvalue weighted by molar-refractivity contribution is 5.79. The van der Waals surface area contributed by atoms with Crippen molar-refractivity contribution in [1.29, 1.82) is 5.26 Å². The molecule has 0 saturated heterocycles. The molecule has 0 aromatic carbocycles.